The fourth-order valence-electron chi connectivity index (χ4n) is 7.28. The molecule has 3 aliphatic heterocycles. The van der Waals surface area contributed by atoms with Crippen molar-refractivity contribution in [3.63, 3.8) is 0 Å². The van der Waals surface area contributed by atoms with Gasteiger partial charge in [0, 0.05) is 65.6 Å². The number of hydrogen-bond donors (Lipinski definition) is 2. The number of hydrogen-bond acceptors (Lipinski definition) is 7. The zero-order chi connectivity index (χ0) is 36.9. The molecule has 8 rings (SSSR count). The van der Waals surface area contributed by atoms with E-state index in [-0.39, 0.29) is 28.7 Å². The summed E-state index contributed by atoms with van der Waals surface area (Å²) in [4.78, 5) is 49.8. The number of benzene rings is 3. The molecule has 0 bridgehead atoms. The molecule has 3 amide bonds. The number of aromatic nitrogens is 1. The second-order valence-corrected chi connectivity index (χ2v) is 14.8. The third-order valence-electron chi connectivity index (χ3n) is 10.1. The minimum Gasteiger partial charge on any atom is -0.381 e. The summed E-state index contributed by atoms with van der Waals surface area (Å²) < 4.78 is 48.7. The Hall–Kier alpha value is -5.53. The van der Waals surface area contributed by atoms with E-state index >= 15 is 0 Å². The number of para-hydroxylation sites is 1. The van der Waals surface area contributed by atoms with E-state index in [2.05, 4.69) is 15.5 Å². The molecule has 0 radical (unpaired) electrons. The van der Waals surface area contributed by atoms with Crippen molar-refractivity contribution in [1.82, 2.24) is 4.98 Å². The average Bonchev–Trinajstić information content (AvgIpc) is 3.50. The predicted octanol–water partition coefficient (Wildman–Crippen LogP) is 7.86. The van der Waals surface area contributed by atoms with Crippen LogP contribution >= 0.6 is 11.3 Å². The Bertz CT molecular complexity index is 2240. The quantitative estimate of drug-likeness (QED) is 0.184. The summed E-state index contributed by atoms with van der Waals surface area (Å²) in [5.74, 6) is -3.06. The van der Waals surface area contributed by atoms with Gasteiger partial charge in [0.1, 0.15) is 29.0 Å². The largest absolute Gasteiger partial charge is 0.381 e. The van der Waals surface area contributed by atoms with Gasteiger partial charge in [-0.3, -0.25) is 14.4 Å². The van der Waals surface area contributed by atoms with Crippen LogP contribution in [0.3, 0.4) is 0 Å². The predicted molar refractivity (Wildman–Crippen MR) is 197 cm³/mol. The van der Waals surface area contributed by atoms with Crippen LogP contribution in [0.2, 0.25) is 0 Å². The van der Waals surface area contributed by atoms with E-state index in [4.69, 9.17) is 9.72 Å². The van der Waals surface area contributed by atoms with Gasteiger partial charge in [-0.25, -0.2) is 18.2 Å². The Labute approximate surface area is 307 Å². The molecular weight excluding hydrogens is 704 g/mol. The standard InChI is InChI=1S/C40H34F3N5O4S/c1-23-5-11-29(36(44-23)47-21-40(22-47)14-17-52-18-15-40)37(49)45-27-9-6-24(7-10-27)39(51)48-16-13-25-19-33(38(50)46-34-30(42)3-2-4-31(34)43)53-35(25)28-12-8-26(41)20-32(28)48/h2-12,19-20H,13-18,21-22H2,1H3,(H,45,49)(H,46,50). The molecule has 2 fully saturated rings. The first-order valence-corrected chi connectivity index (χ1v) is 18.1. The number of fused-ring (bicyclic) bond motifs is 3. The number of carbonyl (C=O) groups is 3. The molecule has 13 heteroatoms. The highest BCUT2D eigenvalue weighted by atomic mass is 32.1. The van der Waals surface area contributed by atoms with Crippen molar-refractivity contribution in [2.75, 3.05) is 53.3 Å². The number of carbonyl (C=O) groups excluding carboxylic acids is 3. The number of thiophene rings is 1. The van der Waals surface area contributed by atoms with Crippen LogP contribution in [0.15, 0.2) is 78.9 Å². The molecule has 1 spiro atoms. The van der Waals surface area contributed by atoms with Gasteiger partial charge in [0.15, 0.2) is 0 Å². The van der Waals surface area contributed by atoms with E-state index in [9.17, 15) is 27.6 Å². The molecule has 2 aromatic heterocycles. The summed E-state index contributed by atoms with van der Waals surface area (Å²) in [6, 6.07) is 19.2. The Balaban J connectivity index is 0.989. The number of aryl methyl sites for hydroxylation is 1. The van der Waals surface area contributed by atoms with Crippen LogP contribution < -0.4 is 20.4 Å². The van der Waals surface area contributed by atoms with Gasteiger partial charge >= 0.3 is 0 Å². The number of pyridine rings is 1. The normalized spacial score (nSPS) is 15.9. The number of halogens is 3. The van der Waals surface area contributed by atoms with Crippen LogP contribution in [0.25, 0.3) is 10.4 Å². The lowest BCUT2D eigenvalue weighted by Gasteiger charge is -2.53. The SMILES string of the molecule is Cc1ccc(C(=O)Nc2ccc(C(=O)N3CCc4cc(C(=O)Nc5c(F)cccc5F)sc4-c4ccc(F)cc43)cc2)c(N2CC3(CCOCC3)C2)n1. The lowest BCUT2D eigenvalue weighted by atomic mass is 9.73. The van der Waals surface area contributed by atoms with Crippen LogP contribution in [-0.4, -0.2) is 55.6 Å². The van der Waals surface area contributed by atoms with Crippen molar-refractivity contribution in [2.45, 2.75) is 26.2 Å². The highest BCUT2D eigenvalue weighted by Gasteiger charge is 2.45. The second kappa shape index (κ2) is 13.8. The van der Waals surface area contributed by atoms with Crippen LogP contribution in [-0.2, 0) is 11.2 Å². The van der Waals surface area contributed by atoms with Gasteiger partial charge in [0.2, 0.25) is 0 Å². The highest BCUT2D eigenvalue weighted by Crippen LogP contribution is 2.44. The van der Waals surface area contributed by atoms with Crippen molar-refractivity contribution >= 4 is 51.9 Å². The Kier molecular flexibility index (Phi) is 8.99. The monoisotopic (exact) mass is 737 g/mol. The fourth-order valence-corrected chi connectivity index (χ4v) is 8.42. The number of rotatable bonds is 6. The van der Waals surface area contributed by atoms with E-state index in [1.54, 1.807) is 42.5 Å². The Morgan fingerprint density at radius 3 is 2.34 bits per heavy atom. The number of nitrogens with zero attached hydrogens (tertiary/aromatic N) is 3. The highest BCUT2D eigenvalue weighted by molar-refractivity contribution is 7.17. The smallest absolute Gasteiger partial charge is 0.265 e. The number of ether oxygens (including phenoxy) is 1. The fraction of sp³-hybridized carbons (Fsp3) is 0.250. The third kappa shape index (κ3) is 6.66. The summed E-state index contributed by atoms with van der Waals surface area (Å²) in [6.07, 6.45) is 2.33. The lowest BCUT2D eigenvalue weighted by molar-refractivity contribution is -0.000519. The Morgan fingerprint density at radius 1 is 0.868 bits per heavy atom. The van der Waals surface area contributed by atoms with E-state index in [1.807, 2.05) is 13.0 Å². The third-order valence-corrected chi connectivity index (χ3v) is 11.3. The molecular formula is C40H34F3N5O4S. The maximum absolute atomic E-state index is 14.7. The lowest BCUT2D eigenvalue weighted by Crippen LogP contribution is -2.59. The van der Waals surface area contributed by atoms with E-state index in [1.165, 1.54) is 23.1 Å². The van der Waals surface area contributed by atoms with Crippen molar-refractivity contribution in [1.29, 1.82) is 0 Å². The molecule has 3 aromatic carbocycles. The molecule has 5 heterocycles. The molecule has 5 aromatic rings. The van der Waals surface area contributed by atoms with Crippen molar-refractivity contribution in [2.24, 2.45) is 5.41 Å². The maximum Gasteiger partial charge on any atom is 0.265 e. The van der Waals surface area contributed by atoms with E-state index in [0.29, 0.717) is 45.2 Å². The van der Waals surface area contributed by atoms with Gasteiger partial charge < -0.3 is 25.2 Å². The molecule has 0 unspecified atom stereocenters. The Morgan fingerprint density at radius 2 is 1.60 bits per heavy atom. The van der Waals surface area contributed by atoms with Crippen molar-refractivity contribution in [3.05, 3.63) is 124 Å². The molecule has 53 heavy (non-hydrogen) atoms. The molecule has 9 nitrogen and oxygen atoms in total. The van der Waals surface area contributed by atoms with Crippen molar-refractivity contribution in [3.8, 4) is 10.4 Å². The summed E-state index contributed by atoms with van der Waals surface area (Å²) in [6.45, 7) is 5.23. The number of anilines is 4. The van der Waals surface area contributed by atoms with Crippen LogP contribution in [0.5, 0.6) is 0 Å². The van der Waals surface area contributed by atoms with Crippen LogP contribution in [0, 0.1) is 29.8 Å². The first-order valence-electron chi connectivity index (χ1n) is 17.3. The summed E-state index contributed by atoms with van der Waals surface area (Å²) >= 11 is 1.10. The van der Waals surface area contributed by atoms with Gasteiger partial charge in [0.05, 0.1) is 16.1 Å². The first-order chi connectivity index (χ1) is 25.6. The van der Waals surface area contributed by atoms with Gasteiger partial charge in [-0.05, 0) is 105 Å². The average molecular weight is 738 g/mol. The molecule has 270 valence electrons. The zero-order valence-electron chi connectivity index (χ0n) is 28.7. The molecule has 0 saturated carbocycles. The minimum atomic E-state index is -0.898. The van der Waals surface area contributed by atoms with Crippen LogP contribution in [0.4, 0.5) is 36.1 Å². The number of amides is 3. The molecule has 2 N–H and O–H groups in total. The van der Waals surface area contributed by atoms with Gasteiger partial charge in [-0.15, -0.1) is 11.3 Å². The second-order valence-electron chi connectivity index (χ2n) is 13.7. The molecule has 0 atom stereocenters. The topological polar surface area (TPSA) is 104 Å². The molecule has 2 saturated heterocycles. The van der Waals surface area contributed by atoms with Gasteiger partial charge in [-0.2, -0.15) is 0 Å². The van der Waals surface area contributed by atoms with E-state index in [0.717, 1.165) is 73.9 Å². The minimum absolute atomic E-state index is 0.175. The summed E-state index contributed by atoms with van der Waals surface area (Å²) in [5.41, 5.74) is 3.38. The first kappa shape index (κ1) is 34.6. The summed E-state index contributed by atoms with van der Waals surface area (Å²) in [5, 5.41) is 5.26. The molecule has 3 aliphatic rings. The summed E-state index contributed by atoms with van der Waals surface area (Å²) in [7, 11) is 0. The van der Waals surface area contributed by atoms with Crippen molar-refractivity contribution < 1.29 is 32.3 Å². The zero-order valence-corrected chi connectivity index (χ0v) is 29.5. The maximum atomic E-state index is 14.7. The molecule has 0 aliphatic carbocycles. The van der Waals surface area contributed by atoms with Crippen LogP contribution in [0.1, 0.15) is 54.5 Å². The van der Waals surface area contributed by atoms with Gasteiger partial charge in [0.25, 0.3) is 17.7 Å². The number of nitrogens with one attached hydrogen (secondary N) is 2. The van der Waals surface area contributed by atoms with Gasteiger partial charge in [-0.1, -0.05) is 6.07 Å². The van der Waals surface area contributed by atoms with E-state index < -0.39 is 29.0 Å².